The van der Waals surface area contributed by atoms with E-state index in [0.717, 1.165) is 65.0 Å². The van der Waals surface area contributed by atoms with E-state index < -0.39 is 6.10 Å². The number of hydrogen-bond donors (Lipinski definition) is 5. The maximum Gasteiger partial charge on any atom is 0.223 e. The Balaban J connectivity index is 0.937. The van der Waals surface area contributed by atoms with Gasteiger partial charge in [0.2, 0.25) is 11.8 Å². The van der Waals surface area contributed by atoms with Crippen LogP contribution in [0.4, 0.5) is 0 Å². The first-order valence-corrected chi connectivity index (χ1v) is 19.0. The van der Waals surface area contributed by atoms with Crippen LogP contribution >= 0.6 is 0 Å². The fourth-order valence-electron chi connectivity index (χ4n) is 9.11. The lowest BCUT2D eigenvalue weighted by molar-refractivity contribution is -0.133. The number of fused-ring (bicyclic) bond motifs is 1. The smallest absolute Gasteiger partial charge is 0.223 e. The van der Waals surface area contributed by atoms with Crippen molar-refractivity contribution in [3.8, 4) is 0 Å². The van der Waals surface area contributed by atoms with Crippen molar-refractivity contribution >= 4 is 11.8 Å². The maximum absolute atomic E-state index is 13.5. The molecule has 268 valence electrons. The molecule has 0 spiro atoms. The van der Waals surface area contributed by atoms with Gasteiger partial charge in [0.1, 0.15) is 0 Å². The number of amides is 2. The molecule has 2 saturated carbocycles. The third-order valence-electron chi connectivity index (χ3n) is 12.4. The van der Waals surface area contributed by atoms with E-state index in [9.17, 15) is 14.7 Å². The molecule has 9 unspecified atom stereocenters. The van der Waals surface area contributed by atoms with E-state index in [4.69, 9.17) is 9.47 Å². The molecule has 10 atom stereocenters. The van der Waals surface area contributed by atoms with Gasteiger partial charge in [0, 0.05) is 70.2 Å². The molecule has 0 bridgehead atoms. The van der Waals surface area contributed by atoms with Crippen LogP contribution in [0.1, 0.15) is 78.6 Å². The molecule has 6 rings (SSSR count). The monoisotopic (exact) mass is 661 g/mol. The third kappa shape index (κ3) is 9.05. The normalized spacial score (nSPS) is 38.0. The molecular weight excluding hydrogens is 598 g/mol. The number of ether oxygens (including phenoxy) is 2. The minimum atomic E-state index is -0.583. The number of β-amino-alcohol motifs (C(OH)–C–C–N with tert-alkyl or cyclic N) is 1. The predicted octanol–water partition coefficient (Wildman–Crippen LogP) is 0.899. The Morgan fingerprint density at radius 3 is 2.55 bits per heavy atom. The Morgan fingerprint density at radius 1 is 1.04 bits per heavy atom. The second-order valence-electron chi connectivity index (χ2n) is 15.5. The molecule has 2 aliphatic carbocycles. The molecule has 4 saturated heterocycles. The Hall–Kier alpha value is -1.38. The molecule has 47 heavy (non-hydrogen) atoms. The second-order valence-corrected chi connectivity index (χ2v) is 15.5. The maximum atomic E-state index is 13.5. The minimum Gasteiger partial charge on any atom is -0.390 e. The van der Waals surface area contributed by atoms with Gasteiger partial charge in [-0.2, -0.15) is 0 Å². The number of hydrogen-bond acceptors (Lipinski definition) is 10. The summed E-state index contributed by atoms with van der Waals surface area (Å²) in [4.78, 5) is 32.5. The zero-order chi connectivity index (χ0) is 32.9. The molecule has 4 aliphatic heterocycles. The lowest BCUT2D eigenvalue weighted by Gasteiger charge is -2.47. The number of carbonyl (C=O) groups excluding carboxylic acids is 2. The van der Waals surface area contributed by atoms with Gasteiger partial charge in [0.15, 0.2) is 0 Å². The quantitative estimate of drug-likeness (QED) is 0.206. The van der Waals surface area contributed by atoms with Crippen molar-refractivity contribution in [3.63, 3.8) is 0 Å². The number of carbonyl (C=O) groups is 2. The highest BCUT2D eigenvalue weighted by Crippen LogP contribution is 2.41. The van der Waals surface area contributed by atoms with Crippen LogP contribution in [0, 0.1) is 23.7 Å². The number of rotatable bonds is 12. The number of nitrogens with zero attached hydrogens (tertiary/aromatic N) is 3. The van der Waals surface area contributed by atoms with E-state index in [0.29, 0.717) is 68.8 Å². The van der Waals surface area contributed by atoms with Crippen LogP contribution in [-0.2, 0) is 19.1 Å². The van der Waals surface area contributed by atoms with Crippen LogP contribution in [-0.4, -0.2) is 140 Å². The topological polar surface area (TPSA) is 131 Å². The lowest BCUT2D eigenvalue weighted by Crippen LogP contribution is -2.64. The molecular formula is C35H63N7O5. The van der Waals surface area contributed by atoms with Gasteiger partial charge in [-0.1, -0.05) is 20.3 Å². The Bertz CT molecular complexity index is 1030. The fourth-order valence-corrected chi connectivity index (χ4v) is 9.11. The lowest BCUT2D eigenvalue weighted by atomic mass is 9.68. The molecule has 0 aromatic heterocycles. The van der Waals surface area contributed by atoms with Crippen LogP contribution in [0.25, 0.3) is 0 Å². The first-order chi connectivity index (χ1) is 22.8. The van der Waals surface area contributed by atoms with Crippen LogP contribution in [0.2, 0.25) is 0 Å². The molecule has 6 fully saturated rings. The zero-order valence-corrected chi connectivity index (χ0v) is 29.2. The molecule has 0 aromatic rings. The molecule has 0 radical (unpaired) electrons. The van der Waals surface area contributed by atoms with Gasteiger partial charge in [-0.3, -0.25) is 30.4 Å². The molecule has 4 heterocycles. The molecule has 5 N–H and O–H groups in total. The van der Waals surface area contributed by atoms with E-state index in [1.807, 2.05) is 11.8 Å². The van der Waals surface area contributed by atoms with Crippen molar-refractivity contribution < 1.29 is 24.2 Å². The van der Waals surface area contributed by atoms with Crippen LogP contribution in [0.5, 0.6) is 0 Å². The van der Waals surface area contributed by atoms with E-state index >= 15 is 0 Å². The number of nitrogens with one attached hydrogen (secondary N) is 4. The van der Waals surface area contributed by atoms with Gasteiger partial charge < -0.3 is 29.7 Å². The van der Waals surface area contributed by atoms with Crippen molar-refractivity contribution in [1.29, 1.82) is 0 Å². The summed E-state index contributed by atoms with van der Waals surface area (Å²) in [5.41, 5.74) is 0. The highest BCUT2D eigenvalue weighted by molar-refractivity contribution is 5.79. The highest BCUT2D eigenvalue weighted by atomic mass is 16.5. The summed E-state index contributed by atoms with van der Waals surface area (Å²) < 4.78 is 12.2. The first kappa shape index (κ1) is 35.4. The van der Waals surface area contributed by atoms with Gasteiger partial charge in [-0.05, 0) is 76.2 Å². The van der Waals surface area contributed by atoms with Crippen LogP contribution < -0.4 is 21.3 Å². The van der Waals surface area contributed by atoms with Crippen molar-refractivity contribution in [2.75, 3.05) is 65.7 Å². The van der Waals surface area contributed by atoms with Crippen molar-refractivity contribution in [2.45, 2.75) is 121 Å². The van der Waals surface area contributed by atoms with E-state index in [-0.39, 0.29) is 36.2 Å². The van der Waals surface area contributed by atoms with E-state index in [1.165, 1.54) is 25.7 Å². The van der Waals surface area contributed by atoms with Gasteiger partial charge in [-0.15, -0.1) is 0 Å². The molecule has 2 amide bonds. The van der Waals surface area contributed by atoms with E-state index in [1.54, 1.807) is 0 Å². The number of aliphatic hydroxyl groups is 1. The van der Waals surface area contributed by atoms with Crippen molar-refractivity contribution in [2.24, 2.45) is 23.7 Å². The molecule has 0 aromatic carbocycles. The third-order valence-corrected chi connectivity index (χ3v) is 12.4. The zero-order valence-electron chi connectivity index (χ0n) is 29.2. The SMILES string of the molecule is CCC(=O)N1CCN(C2CC(C(=O)NC[C@H](O)CN3CCC4C(CCC(OCC5OCNC5C)C4C)C3)CC(NC3CCC3)N2)CC1. The van der Waals surface area contributed by atoms with Gasteiger partial charge in [-0.25, -0.2) is 0 Å². The largest absolute Gasteiger partial charge is 0.390 e. The summed E-state index contributed by atoms with van der Waals surface area (Å²) in [7, 11) is 0. The van der Waals surface area contributed by atoms with Gasteiger partial charge in [0.25, 0.3) is 0 Å². The van der Waals surface area contributed by atoms with Crippen molar-refractivity contribution in [1.82, 2.24) is 36.0 Å². The molecule has 12 nitrogen and oxygen atoms in total. The average molecular weight is 662 g/mol. The van der Waals surface area contributed by atoms with Crippen LogP contribution in [0.15, 0.2) is 0 Å². The number of likely N-dealkylation sites (tertiary alicyclic amines) is 1. The summed E-state index contributed by atoms with van der Waals surface area (Å²) in [5.74, 6) is 1.98. The predicted molar refractivity (Wildman–Crippen MR) is 180 cm³/mol. The first-order valence-electron chi connectivity index (χ1n) is 19.0. The number of aliphatic hydroxyl groups excluding tert-OH is 1. The Kier molecular flexibility index (Phi) is 12.5. The summed E-state index contributed by atoms with van der Waals surface area (Å²) in [6.07, 6.45) is 9.15. The fraction of sp³-hybridized carbons (Fsp3) is 0.943. The van der Waals surface area contributed by atoms with Gasteiger partial charge in [0.05, 0.1) is 44.0 Å². The summed E-state index contributed by atoms with van der Waals surface area (Å²) in [6.45, 7) is 13.7. The summed E-state index contributed by atoms with van der Waals surface area (Å²) in [6, 6.07) is 0.868. The minimum absolute atomic E-state index is 0.0507. The molecule has 12 heteroatoms. The average Bonchev–Trinajstić information content (AvgIpc) is 3.48. The van der Waals surface area contributed by atoms with Gasteiger partial charge >= 0.3 is 0 Å². The highest BCUT2D eigenvalue weighted by Gasteiger charge is 2.42. The second kappa shape index (κ2) is 16.6. The Labute approximate surface area is 282 Å². The molecule has 6 aliphatic rings. The number of piperidine rings is 2. The standard InChI is InChI=1S/C35H63N7O5/c1-4-34(44)42-14-12-41(13-15-42)33-17-26(16-32(39-33)38-27-6-5-7-27)35(45)36-18-28(43)20-40-11-10-29-23(2)30(9-8-25(29)19-40)46-21-31-24(3)37-22-47-31/h23-33,37-39,43H,4-22H2,1-3H3,(H,36,45)/t23?,24?,25?,26?,28-,29?,30?,31?,32?,33?/m0/s1. The summed E-state index contributed by atoms with van der Waals surface area (Å²) >= 11 is 0. The Morgan fingerprint density at radius 2 is 1.85 bits per heavy atom. The van der Waals surface area contributed by atoms with Crippen molar-refractivity contribution in [3.05, 3.63) is 0 Å². The summed E-state index contributed by atoms with van der Waals surface area (Å²) in [5, 5.41) is 25.0. The van der Waals surface area contributed by atoms with E-state index in [2.05, 4.69) is 44.9 Å². The number of piperazine rings is 1. The van der Waals surface area contributed by atoms with Crippen LogP contribution in [0.3, 0.4) is 0 Å².